The molecule has 2 aliphatic rings. The number of carbonyl (C=O) groups excluding carboxylic acids is 1. The largest absolute Gasteiger partial charge is 0.394 e. The molecule has 80 heavy (non-hydrogen) atoms. The first-order valence-electron chi connectivity index (χ1n) is 33.2. The summed E-state index contributed by atoms with van der Waals surface area (Å²) in [5.74, 6) is -0.235. The minimum absolute atomic E-state index is 0.235. The van der Waals surface area contributed by atoms with E-state index in [2.05, 4.69) is 43.5 Å². The second-order valence-corrected chi connectivity index (χ2v) is 23.6. The SMILES string of the molecule is CCCCCCC/C=C\C/C=C\CCCCCCCCCCCCCCCCCCCC(=O)NC(COC1OC(CO)C(OC2OC(CO)C(O)C(O)C2O)C(O)C1O)C(O)/C=C/CCCCCCCCCCCCCCCCC. The van der Waals surface area contributed by atoms with Crippen molar-refractivity contribution in [1.29, 1.82) is 0 Å². The van der Waals surface area contributed by atoms with Crippen LogP contribution in [0.15, 0.2) is 36.5 Å². The van der Waals surface area contributed by atoms with E-state index in [0.29, 0.717) is 6.42 Å². The Morgan fingerprint density at radius 3 is 1.25 bits per heavy atom. The van der Waals surface area contributed by atoms with Gasteiger partial charge in [0.15, 0.2) is 12.6 Å². The molecule has 9 N–H and O–H groups in total. The number of nitrogens with one attached hydrogen (secondary N) is 1. The number of aliphatic hydroxyl groups is 8. The molecule has 12 unspecified atom stereocenters. The van der Waals surface area contributed by atoms with Crippen LogP contribution in [0.2, 0.25) is 0 Å². The third kappa shape index (κ3) is 36.1. The highest BCUT2D eigenvalue weighted by Gasteiger charge is 2.51. The third-order valence-electron chi connectivity index (χ3n) is 16.3. The van der Waals surface area contributed by atoms with Gasteiger partial charge in [-0.25, -0.2) is 0 Å². The average Bonchev–Trinajstić information content (AvgIpc) is 3.46. The summed E-state index contributed by atoms with van der Waals surface area (Å²) >= 11 is 0. The smallest absolute Gasteiger partial charge is 0.220 e. The minimum Gasteiger partial charge on any atom is -0.394 e. The van der Waals surface area contributed by atoms with E-state index >= 15 is 0 Å². The zero-order valence-corrected chi connectivity index (χ0v) is 50.8. The number of allylic oxidation sites excluding steroid dienone is 5. The van der Waals surface area contributed by atoms with Crippen molar-refractivity contribution in [3.05, 3.63) is 36.5 Å². The van der Waals surface area contributed by atoms with E-state index in [1.807, 2.05) is 6.08 Å². The van der Waals surface area contributed by atoms with Crippen LogP contribution in [-0.2, 0) is 23.7 Å². The lowest BCUT2D eigenvalue weighted by Gasteiger charge is -2.46. The number of hydrogen-bond donors (Lipinski definition) is 9. The summed E-state index contributed by atoms with van der Waals surface area (Å²) in [6.07, 6.45) is 47.6. The molecular weight excluding hydrogens is 1010 g/mol. The molecular formula is C66H123NO13. The highest BCUT2D eigenvalue weighted by Crippen LogP contribution is 2.30. The zero-order chi connectivity index (χ0) is 58.1. The molecule has 0 aromatic heterocycles. The predicted octanol–water partition coefficient (Wildman–Crippen LogP) is 12.6. The van der Waals surface area contributed by atoms with Crippen molar-refractivity contribution in [3.63, 3.8) is 0 Å². The van der Waals surface area contributed by atoms with Crippen molar-refractivity contribution in [3.8, 4) is 0 Å². The quantitative estimate of drug-likeness (QED) is 0.0204. The van der Waals surface area contributed by atoms with Crippen LogP contribution in [0.3, 0.4) is 0 Å². The third-order valence-corrected chi connectivity index (χ3v) is 16.3. The summed E-state index contributed by atoms with van der Waals surface area (Å²) in [4.78, 5) is 13.3. The first-order valence-corrected chi connectivity index (χ1v) is 33.2. The Bertz CT molecular complexity index is 1480. The van der Waals surface area contributed by atoms with Gasteiger partial charge in [0.1, 0.15) is 48.8 Å². The molecule has 0 saturated carbocycles. The normalized spacial score (nSPS) is 24.4. The highest BCUT2D eigenvalue weighted by molar-refractivity contribution is 5.76. The Balaban J connectivity index is 1.68. The molecule has 14 heteroatoms. The first kappa shape index (κ1) is 74.3. The van der Waals surface area contributed by atoms with Gasteiger partial charge in [-0.2, -0.15) is 0 Å². The number of carbonyl (C=O) groups is 1. The topological polar surface area (TPSA) is 228 Å². The van der Waals surface area contributed by atoms with Crippen molar-refractivity contribution in [2.75, 3.05) is 19.8 Å². The van der Waals surface area contributed by atoms with Gasteiger partial charge in [-0.15, -0.1) is 0 Å². The van der Waals surface area contributed by atoms with Gasteiger partial charge in [0.05, 0.1) is 32.0 Å². The fourth-order valence-electron chi connectivity index (χ4n) is 11.0. The summed E-state index contributed by atoms with van der Waals surface area (Å²) < 4.78 is 22.8. The lowest BCUT2D eigenvalue weighted by atomic mass is 9.97. The molecule has 0 bridgehead atoms. The predicted molar refractivity (Wildman–Crippen MR) is 323 cm³/mol. The Labute approximate surface area is 487 Å². The Morgan fingerprint density at radius 2 is 0.825 bits per heavy atom. The van der Waals surface area contributed by atoms with E-state index in [-0.39, 0.29) is 18.9 Å². The lowest BCUT2D eigenvalue weighted by molar-refractivity contribution is -0.359. The first-order chi connectivity index (χ1) is 39.1. The molecule has 0 radical (unpaired) electrons. The van der Waals surface area contributed by atoms with Gasteiger partial charge in [0.2, 0.25) is 5.91 Å². The zero-order valence-electron chi connectivity index (χ0n) is 50.8. The van der Waals surface area contributed by atoms with Crippen LogP contribution in [0.1, 0.15) is 284 Å². The van der Waals surface area contributed by atoms with Gasteiger partial charge in [-0.1, -0.05) is 262 Å². The maximum absolute atomic E-state index is 13.3. The molecule has 1 amide bonds. The monoisotopic (exact) mass is 1140 g/mol. The van der Waals surface area contributed by atoms with Gasteiger partial charge < -0.3 is 65.1 Å². The van der Waals surface area contributed by atoms with Crippen molar-refractivity contribution in [1.82, 2.24) is 5.32 Å². The molecule has 0 aromatic carbocycles. The number of rotatable bonds is 54. The molecule has 0 aliphatic carbocycles. The van der Waals surface area contributed by atoms with E-state index in [4.69, 9.17) is 18.9 Å². The van der Waals surface area contributed by atoms with Gasteiger partial charge in [0, 0.05) is 6.42 Å². The fraction of sp³-hybridized carbons (Fsp3) is 0.894. The van der Waals surface area contributed by atoms with E-state index < -0.39 is 86.8 Å². The Hall–Kier alpha value is -1.79. The fourth-order valence-corrected chi connectivity index (χ4v) is 11.0. The number of amides is 1. The molecule has 470 valence electrons. The summed E-state index contributed by atoms with van der Waals surface area (Å²) in [6, 6.07) is -0.913. The summed E-state index contributed by atoms with van der Waals surface area (Å²) in [7, 11) is 0. The second kappa shape index (κ2) is 51.6. The van der Waals surface area contributed by atoms with Gasteiger partial charge in [0.25, 0.3) is 0 Å². The van der Waals surface area contributed by atoms with Crippen LogP contribution < -0.4 is 5.32 Å². The van der Waals surface area contributed by atoms with E-state index in [1.54, 1.807) is 6.08 Å². The van der Waals surface area contributed by atoms with Gasteiger partial charge in [-0.3, -0.25) is 4.79 Å². The molecule has 0 spiro atoms. The van der Waals surface area contributed by atoms with Crippen LogP contribution in [0, 0.1) is 0 Å². The van der Waals surface area contributed by atoms with Crippen molar-refractivity contribution >= 4 is 5.91 Å². The van der Waals surface area contributed by atoms with Gasteiger partial charge >= 0.3 is 0 Å². The summed E-state index contributed by atoms with van der Waals surface area (Å²) in [5, 5.41) is 87.3. The molecule has 12 atom stereocenters. The van der Waals surface area contributed by atoms with E-state index in [0.717, 1.165) is 44.9 Å². The number of hydrogen-bond acceptors (Lipinski definition) is 13. The molecule has 2 fully saturated rings. The number of aliphatic hydroxyl groups excluding tert-OH is 8. The lowest BCUT2D eigenvalue weighted by Crippen LogP contribution is -2.65. The second-order valence-electron chi connectivity index (χ2n) is 23.6. The maximum Gasteiger partial charge on any atom is 0.220 e. The molecule has 2 saturated heterocycles. The molecule has 0 aromatic rings. The summed E-state index contributed by atoms with van der Waals surface area (Å²) in [6.45, 7) is 2.82. The van der Waals surface area contributed by atoms with Crippen molar-refractivity contribution < 1.29 is 64.6 Å². The van der Waals surface area contributed by atoms with Crippen LogP contribution in [-0.4, -0.2) is 140 Å². The standard InChI is InChI=1S/C66H123NO13/c1-3-5-7-9-11-13-15-17-19-21-22-23-24-25-26-27-28-29-30-31-32-34-36-38-40-42-44-46-48-50-58(71)67-54(55(70)49-47-45-43-41-39-37-35-33-20-18-16-14-12-10-8-6-4-2)53-77-65-63(76)61(74)64(57(52-69)79-65)80-66-62(75)60(73)59(72)56(51-68)78-66/h15,17,21-22,47,49,54-57,59-66,68-70,72-76H,3-14,16,18-20,23-46,48,50-53H2,1-2H3,(H,67,71)/b17-15-,22-21-,49-47+. The minimum atomic E-state index is -1.79. The van der Waals surface area contributed by atoms with Crippen molar-refractivity contribution in [2.24, 2.45) is 0 Å². The number of ether oxygens (including phenoxy) is 4. The summed E-state index contributed by atoms with van der Waals surface area (Å²) in [5.41, 5.74) is 0. The molecule has 14 nitrogen and oxygen atoms in total. The van der Waals surface area contributed by atoms with E-state index in [9.17, 15) is 45.6 Å². The molecule has 2 rings (SSSR count). The van der Waals surface area contributed by atoms with Gasteiger partial charge in [-0.05, 0) is 51.4 Å². The van der Waals surface area contributed by atoms with Crippen LogP contribution in [0.5, 0.6) is 0 Å². The Kier molecular flexibility index (Phi) is 47.9. The maximum atomic E-state index is 13.3. The highest BCUT2D eigenvalue weighted by atomic mass is 16.7. The average molecular weight is 1140 g/mol. The van der Waals surface area contributed by atoms with Crippen LogP contribution in [0.4, 0.5) is 0 Å². The van der Waals surface area contributed by atoms with Crippen LogP contribution >= 0.6 is 0 Å². The Morgan fingerprint density at radius 1 is 0.450 bits per heavy atom. The van der Waals surface area contributed by atoms with Crippen molar-refractivity contribution in [2.45, 2.75) is 357 Å². The van der Waals surface area contributed by atoms with E-state index in [1.165, 1.54) is 212 Å². The molecule has 2 aliphatic heterocycles. The molecule has 2 heterocycles. The number of unbranched alkanes of at least 4 members (excludes halogenated alkanes) is 37. The van der Waals surface area contributed by atoms with Crippen LogP contribution in [0.25, 0.3) is 0 Å².